The highest BCUT2D eigenvalue weighted by molar-refractivity contribution is 6.05. The van der Waals surface area contributed by atoms with Gasteiger partial charge >= 0.3 is 23.9 Å². The molecule has 0 aliphatic rings. The second-order valence-corrected chi connectivity index (χ2v) is 19.3. The molecule has 12 heteroatoms. The van der Waals surface area contributed by atoms with E-state index >= 15 is 0 Å². The first-order valence-electron chi connectivity index (χ1n) is 27.6. The van der Waals surface area contributed by atoms with E-state index in [1.54, 1.807) is 24.3 Å². The molecule has 8 rings (SSSR count). The first kappa shape index (κ1) is 58.7. The fourth-order valence-electron chi connectivity index (χ4n) is 9.48. The molecule has 8 aromatic rings. The maximum Gasteiger partial charge on any atom is 0.341 e. The Hall–Kier alpha value is -9.42. The van der Waals surface area contributed by atoms with Gasteiger partial charge in [0.15, 0.2) is 0 Å². The van der Waals surface area contributed by atoms with E-state index in [2.05, 4.69) is 97.1 Å². The number of carbonyl (C=O) groups excluding carboxylic acids is 4. The number of esters is 4. The maximum absolute atomic E-state index is 12.8. The van der Waals surface area contributed by atoms with Gasteiger partial charge in [-0.25, -0.2) is 19.2 Å². The Bertz CT molecular complexity index is 3090. The zero-order valence-electron chi connectivity index (χ0n) is 47.7. The van der Waals surface area contributed by atoms with Crippen molar-refractivity contribution in [3.05, 3.63) is 214 Å². The molecule has 0 aromatic heterocycles. The molecule has 0 saturated heterocycles. The minimum atomic E-state index is -0.477. The number of hydrogen-bond donors (Lipinski definition) is 0. The van der Waals surface area contributed by atoms with Crippen molar-refractivity contribution in [1.29, 1.82) is 0 Å². The van der Waals surface area contributed by atoms with Crippen LogP contribution in [0.4, 0.5) is 0 Å². The van der Waals surface area contributed by atoms with Crippen LogP contribution in [0.5, 0.6) is 23.0 Å². The normalized spacial score (nSPS) is 10.8. The highest BCUT2D eigenvalue weighted by atomic mass is 16.5. The van der Waals surface area contributed by atoms with E-state index in [0.717, 1.165) is 104 Å². The van der Waals surface area contributed by atoms with Crippen LogP contribution in [-0.4, -0.2) is 78.7 Å². The predicted molar refractivity (Wildman–Crippen MR) is 321 cm³/mol. The number of carbonyl (C=O) groups is 4. The molecular weight excluding hydrogens is 1030 g/mol. The van der Waals surface area contributed by atoms with Crippen LogP contribution in [0, 0.1) is 0 Å². The SMILES string of the molecule is CCCOc1cc(-c2ccc(C(=C(c3ccc(-c4ccc(C(=O)OC)c(OCCC)c4)cc3)c3ccc(-c4ccc(C(=O)OC)c(OCCC)c4)cc3)c3ccc(-c4ccc(C(=O)OC)c(OCCC)c4)cc3)cc2)ccc1C(=O)OC. The average molecular weight is 1100 g/mol. The Balaban J connectivity index is 1.33. The standard InChI is InChI=1S/C70H68O12/c1-9-37-79-61-41-53(29-33-57(61)67(71)75-5)45-13-21-49(22-14-45)65(50-23-15-46(16-24-50)54-30-34-58(68(72)76-6)62(42-54)80-38-10-2)66(51-25-17-47(18-26-51)55-31-35-59(69(73)77-7)63(43-55)81-39-11-3)52-27-19-48(20-28-52)56-32-36-60(70(74)78-8)64(44-56)82-40-12-4/h13-36,41-44H,9-12,37-40H2,1-8H3. The van der Waals surface area contributed by atoms with Crippen LogP contribution >= 0.6 is 0 Å². The smallest absolute Gasteiger partial charge is 0.341 e. The average Bonchev–Trinajstić information content (AvgIpc) is 3.65. The molecule has 82 heavy (non-hydrogen) atoms. The Kier molecular flexibility index (Phi) is 20.1. The van der Waals surface area contributed by atoms with E-state index in [0.29, 0.717) is 71.7 Å². The lowest BCUT2D eigenvalue weighted by Gasteiger charge is -2.20. The zero-order chi connectivity index (χ0) is 58.1. The molecule has 0 amide bonds. The molecule has 12 nitrogen and oxygen atoms in total. The van der Waals surface area contributed by atoms with Gasteiger partial charge in [0.25, 0.3) is 0 Å². The van der Waals surface area contributed by atoms with Crippen LogP contribution in [0.1, 0.15) is 117 Å². The Morgan fingerprint density at radius 3 is 0.622 bits per heavy atom. The number of ether oxygens (including phenoxy) is 8. The largest absolute Gasteiger partial charge is 0.493 e. The summed E-state index contributed by atoms with van der Waals surface area (Å²) in [6.45, 7) is 9.78. The van der Waals surface area contributed by atoms with Gasteiger partial charge in [-0.15, -0.1) is 0 Å². The van der Waals surface area contributed by atoms with Crippen LogP contribution < -0.4 is 18.9 Å². The van der Waals surface area contributed by atoms with Crippen molar-refractivity contribution in [2.24, 2.45) is 0 Å². The van der Waals surface area contributed by atoms with E-state index in [1.165, 1.54) is 28.4 Å². The lowest BCUT2D eigenvalue weighted by Crippen LogP contribution is -2.06. The first-order valence-corrected chi connectivity index (χ1v) is 27.6. The van der Waals surface area contributed by atoms with Gasteiger partial charge in [0, 0.05) is 0 Å². The number of hydrogen-bond acceptors (Lipinski definition) is 12. The monoisotopic (exact) mass is 1100 g/mol. The van der Waals surface area contributed by atoms with Gasteiger partial charge in [-0.2, -0.15) is 0 Å². The molecule has 0 unspecified atom stereocenters. The van der Waals surface area contributed by atoms with Gasteiger partial charge in [0.05, 0.1) is 54.9 Å². The van der Waals surface area contributed by atoms with Gasteiger partial charge in [0.2, 0.25) is 0 Å². The summed E-state index contributed by atoms with van der Waals surface area (Å²) in [5, 5.41) is 0. The Labute approximate surface area is 480 Å². The fraction of sp³-hybridized carbons (Fsp3) is 0.229. The van der Waals surface area contributed by atoms with Crippen molar-refractivity contribution in [2.75, 3.05) is 54.9 Å². The number of benzene rings is 8. The molecule has 0 aliphatic heterocycles. The van der Waals surface area contributed by atoms with Crippen LogP contribution in [0.3, 0.4) is 0 Å². The summed E-state index contributed by atoms with van der Waals surface area (Å²) >= 11 is 0. The molecule has 0 atom stereocenters. The molecule has 420 valence electrons. The van der Waals surface area contributed by atoms with Gasteiger partial charge in [-0.3, -0.25) is 0 Å². The second kappa shape index (κ2) is 28.1. The fourth-order valence-corrected chi connectivity index (χ4v) is 9.48. The van der Waals surface area contributed by atoms with Crippen LogP contribution in [0.15, 0.2) is 170 Å². The van der Waals surface area contributed by atoms with E-state index in [1.807, 2.05) is 76.2 Å². The third kappa shape index (κ3) is 13.6. The molecule has 0 bridgehead atoms. The summed E-state index contributed by atoms with van der Waals surface area (Å²) in [5.74, 6) is -0.120. The van der Waals surface area contributed by atoms with E-state index in [9.17, 15) is 19.2 Å². The minimum absolute atomic E-state index is 0.350. The summed E-state index contributed by atoms with van der Waals surface area (Å²) in [6.07, 6.45) is 3.05. The van der Waals surface area contributed by atoms with Gasteiger partial charge < -0.3 is 37.9 Å². The second-order valence-electron chi connectivity index (χ2n) is 19.3. The Morgan fingerprint density at radius 1 is 0.268 bits per heavy atom. The maximum atomic E-state index is 12.8. The molecule has 0 fully saturated rings. The van der Waals surface area contributed by atoms with Crippen molar-refractivity contribution in [3.63, 3.8) is 0 Å². The van der Waals surface area contributed by atoms with Gasteiger partial charge in [-0.1, -0.05) is 149 Å². The lowest BCUT2D eigenvalue weighted by molar-refractivity contribution is 0.0586. The van der Waals surface area contributed by atoms with Gasteiger partial charge in [-0.05, 0) is 152 Å². The topological polar surface area (TPSA) is 142 Å². The molecule has 0 radical (unpaired) electrons. The van der Waals surface area contributed by atoms with Crippen molar-refractivity contribution in [2.45, 2.75) is 53.4 Å². The van der Waals surface area contributed by atoms with Crippen LogP contribution in [0.25, 0.3) is 55.7 Å². The molecule has 0 N–H and O–H groups in total. The van der Waals surface area contributed by atoms with Crippen LogP contribution in [-0.2, 0) is 18.9 Å². The van der Waals surface area contributed by atoms with Crippen molar-refractivity contribution in [1.82, 2.24) is 0 Å². The number of rotatable bonds is 24. The van der Waals surface area contributed by atoms with Gasteiger partial charge in [0.1, 0.15) is 45.3 Å². The van der Waals surface area contributed by atoms with E-state index < -0.39 is 23.9 Å². The predicted octanol–water partition coefficient (Wildman–Crippen LogP) is 15.7. The third-order valence-corrected chi connectivity index (χ3v) is 13.7. The summed E-state index contributed by atoms with van der Waals surface area (Å²) in [7, 11) is 5.42. The molecule has 0 saturated carbocycles. The highest BCUT2D eigenvalue weighted by Crippen LogP contribution is 2.41. The lowest BCUT2D eigenvalue weighted by atomic mass is 9.84. The van der Waals surface area contributed by atoms with Crippen molar-refractivity contribution in [3.8, 4) is 67.5 Å². The zero-order valence-corrected chi connectivity index (χ0v) is 47.7. The molecule has 8 aromatic carbocycles. The summed E-state index contributed by atoms with van der Waals surface area (Å²) < 4.78 is 44.7. The molecule has 0 spiro atoms. The third-order valence-electron chi connectivity index (χ3n) is 13.7. The quantitative estimate of drug-likeness (QED) is 0.0323. The van der Waals surface area contributed by atoms with Crippen LogP contribution in [0.2, 0.25) is 0 Å². The van der Waals surface area contributed by atoms with E-state index in [-0.39, 0.29) is 0 Å². The summed E-state index contributed by atoms with van der Waals surface area (Å²) in [5.41, 5.74) is 14.0. The molecule has 0 aliphatic carbocycles. The highest BCUT2D eigenvalue weighted by Gasteiger charge is 2.22. The summed E-state index contributed by atoms with van der Waals surface area (Å²) in [4.78, 5) is 51.2. The van der Waals surface area contributed by atoms with E-state index in [4.69, 9.17) is 37.9 Å². The molecular formula is C70H68O12. The first-order chi connectivity index (χ1) is 40.0. The van der Waals surface area contributed by atoms with Crippen molar-refractivity contribution < 1.29 is 57.1 Å². The minimum Gasteiger partial charge on any atom is -0.493 e. The number of methoxy groups -OCH3 is 4. The Morgan fingerprint density at radius 2 is 0.451 bits per heavy atom. The molecule has 0 heterocycles. The van der Waals surface area contributed by atoms with Crippen molar-refractivity contribution >= 4 is 35.0 Å². The summed E-state index contributed by atoms with van der Waals surface area (Å²) in [6, 6.07) is 55.4.